The van der Waals surface area contributed by atoms with E-state index in [-0.39, 0.29) is 11.9 Å². The number of nitrogens with zero attached hydrogens (tertiary/aromatic N) is 2. The van der Waals surface area contributed by atoms with Gasteiger partial charge >= 0.3 is 0 Å². The molecule has 1 unspecified atom stereocenters. The zero-order valence-electron chi connectivity index (χ0n) is 11.5. The number of hydrogen-bond donors (Lipinski definition) is 1. The van der Waals surface area contributed by atoms with Crippen LogP contribution in [0.5, 0.6) is 0 Å². The molecule has 4 heteroatoms. The van der Waals surface area contributed by atoms with Crippen molar-refractivity contribution < 1.29 is 4.79 Å². The van der Waals surface area contributed by atoms with Crippen molar-refractivity contribution in [2.45, 2.75) is 46.6 Å². The van der Waals surface area contributed by atoms with Crippen LogP contribution in [0.15, 0.2) is 0 Å². The maximum absolute atomic E-state index is 11.9. The fraction of sp³-hybridized carbons (Fsp3) is 0.846. The lowest BCUT2D eigenvalue weighted by molar-refractivity contribution is -0.126. The Hall–Kier alpha value is -1.08. The van der Waals surface area contributed by atoms with Crippen LogP contribution >= 0.6 is 0 Å². The highest BCUT2D eigenvalue weighted by Crippen LogP contribution is 2.05. The first-order chi connectivity index (χ1) is 8.02. The fourth-order valence-corrected chi connectivity index (χ4v) is 1.67. The zero-order valence-corrected chi connectivity index (χ0v) is 11.5. The van der Waals surface area contributed by atoms with E-state index in [0.717, 1.165) is 19.5 Å². The molecule has 1 atom stereocenters. The largest absolute Gasteiger partial charge is 0.355 e. The number of hydrogen-bond acceptors (Lipinski definition) is 3. The van der Waals surface area contributed by atoms with Crippen LogP contribution in [0.4, 0.5) is 0 Å². The summed E-state index contributed by atoms with van der Waals surface area (Å²) in [5.41, 5.74) is 0. The molecule has 0 rings (SSSR count). The molecule has 1 amide bonds. The normalized spacial score (nSPS) is 12.5. The molecule has 0 aliphatic heterocycles. The number of carbonyl (C=O) groups excluding carboxylic acids is 1. The molecular weight excluding hydrogens is 214 g/mol. The quantitative estimate of drug-likeness (QED) is 0.702. The Labute approximate surface area is 105 Å². The zero-order chi connectivity index (χ0) is 13.3. The number of carbonyl (C=O) groups is 1. The second kappa shape index (κ2) is 9.00. The molecule has 0 bridgehead atoms. The second-order valence-electron chi connectivity index (χ2n) is 4.76. The predicted molar refractivity (Wildman–Crippen MR) is 69.4 cm³/mol. The van der Waals surface area contributed by atoms with Crippen LogP contribution in [0.3, 0.4) is 0 Å². The summed E-state index contributed by atoms with van der Waals surface area (Å²) in [5.74, 6) is 0.556. The Kier molecular flexibility index (Phi) is 8.43. The van der Waals surface area contributed by atoms with Crippen LogP contribution in [0.1, 0.15) is 40.5 Å². The summed E-state index contributed by atoms with van der Waals surface area (Å²) in [4.78, 5) is 13.9. The molecule has 0 aliphatic carbocycles. The van der Waals surface area contributed by atoms with Crippen molar-refractivity contribution in [2.75, 3.05) is 19.6 Å². The van der Waals surface area contributed by atoms with Crippen LogP contribution in [0.25, 0.3) is 0 Å². The molecule has 0 aromatic carbocycles. The first kappa shape index (κ1) is 15.9. The van der Waals surface area contributed by atoms with Crippen molar-refractivity contribution in [1.29, 1.82) is 5.26 Å². The van der Waals surface area contributed by atoms with Gasteiger partial charge in [-0.05, 0) is 19.3 Å². The van der Waals surface area contributed by atoms with E-state index in [1.807, 2.05) is 13.8 Å². The standard InChI is InChI=1S/C13H25N3O/c1-5-8-15-13(17)12(4)16(9-6-7-14)10-11(2)3/h11-12H,5-6,8-10H2,1-4H3,(H,15,17). The molecule has 98 valence electrons. The van der Waals surface area contributed by atoms with Gasteiger partial charge in [0.2, 0.25) is 5.91 Å². The van der Waals surface area contributed by atoms with Crippen LogP contribution in [-0.2, 0) is 4.79 Å². The average Bonchev–Trinajstić information content (AvgIpc) is 2.29. The minimum atomic E-state index is -0.155. The summed E-state index contributed by atoms with van der Waals surface area (Å²) < 4.78 is 0. The monoisotopic (exact) mass is 239 g/mol. The fourth-order valence-electron chi connectivity index (χ4n) is 1.67. The average molecular weight is 239 g/mol. The van der Waals surface area contributed by atoms with E-state index in [0.29, 0.717) is 18.9 Å². The number of rotatable bonds is 8. The smallest absolute Gasteiger partial charge is 0.237 e. The van der Waals surface area contributed by atoms with Gasteiger partial charge in [-0.1, -0.05) is 20.8 Å². The Morgan fingerprint density at radius 3 is 2.53 bits per heavy atom. The maximum atomic E-state index is 11.9. The summed E-state index contributed by atoms with van der Waals surface area (Å²) >= 11 is 0. The minimum Gasteiger partial charge on any atom is -0.355 e. The van der Waals surface area contributed by atoms with Gasteiger partial charge in [0.25, 0.3) is 0 Å². The van der Waals surface area contributed by atoms with Crippen molar-refractivity contribution in [3.63, 3.8) is 0 Å². The number of amides is 1. The number of nitrogens with one attached hydrogen (secondary N) is 1. The Bertz CT molecular complexity index is 258. The maximum Gasteiger partial charge on any atom is 0.237 e. The highest BCUT2D eigenvalue weighted by molar-refractivity contribution is 5.81. The molecule has 4 nitrogen and oxygen atoms in total. The topological polar surface area (TPSA) is 56.1 Å². The van der Waals surface area contributed by atoms with E-state index in [1.54, 1.807) is 0 Å². The van der Waals surface area contributed by atoms with E-state index >= 15 is 0 Å². The van der Waals surface area contributed by atoms with Gasteiger partial charge in [0.1, 0.15) is 0 Å². The summed E-state index contributed by atoms with van der Waals surface area (Å²) in [6, 6.07) is 1.98. The van der Waals surface area contributed by atoms with Crippen molar-refractivity contribution in [2.24, 2.45) is 5.92 Å². The van der Waals surface area contributed by atoms with E-state index in [4.69, 9.17) is 5.26 Å². The van der Waals surface area contributed by atoms with Crippen LogP contribution in [-0.4, -0.2) is 36.5 Å². The first-order valence-corrected chi connectivity index (χ1v) is 6.41. The van der Waals surface area contributed by atoms with Gasteiger partial charge in [-0.25, -0.2) is 0 Å². The summed E-state index contributed by atoms with van der Waals surface area (Å²) in [6.45, 7) is 10.4. The number of nitriles is 1. The van der Waals surface area contributed by atoms with Crippen LogP contribution < -0.4 is 5.32 Å². The Morgan fingerprint density at radius 2 is 2.06 bits per heavy atom. The molecule has 0 heterocycles. The molecule has 0 spiro atoms. The molecule has 0 aromatic heterocycles. The molecule has 0 saturated carbocycles. The van der Waals surface area contributed by atoms with Crippen LogP contribution in [0, 0.1) is 17.2 Å². The third kappa shape index (κ3) is 6.96. The molecule has 17 heavy (non-hydrogen) atoms. The van der Waals surface area contributed by atoms with E-state index in [2.05, 4.69) is 30.1 Å². The van der Waals surface area contributed by atoms with E-state index in [9.17, 15) is 4.79 Å². The van der Waals surface area contributed by atoms with E-state index in [1.165, 1.54) is 0 Å². The molecule has 0 radical (unpaired) electrons. The molecule has 0 saturated heterocycles. The lowest BCUT2D eigenvalue weighted by atomic mass is 10.1. The van der Waals surface area contributed by atoms with Crippen molar-refractivity contribution >= 4 is 5.91 Å². The van der Waals surface area contributed by atoms with Gasteiger partial charge in [0.15, 0.2) is 0 Å². The molecule has 1 N–H and O–H groups in total. The molecular formula is C13H25N3O. The highest BCUT2D eigenvalue weighted by Gasteiger charge is 2.21. The van der Waals surface area contributed by atoms with Gasteiger partial charge in [0.05, 0.1) is 12.1 Å². The van der Waals surface area contributed by atoms with Gasteiger partial charge < -0.3 is 5.32 Å². The van der Waals surface area contributed by atoms with Crippen molar-refractivity contribution in [3.8, 4) is 6.07 Å². The minimum absolute atomic E-state index is 0.0606. The Balaban J connectivity index is 4.34. The molecule has 0 aliphatic rings. The highest BCUT2D eigenvalue weighted by atomic mass is 16.2. The summed E-state index contributed by atoms with van der Waals surface area (Å²) in [7, 11) is 0. The van der Waals surface area contributed by atoms with Crippen molar-refractivity contribution in [3.05, 3.63) is 0 Å². The third-order valence-corrected chi connectivity index (χ3v) is 2.59. The first-order valence-electron chi connectivity index (χ1n) is 6.41. The lowest BCUT2D eigenvalue weighted by Crippen LogP contribution is -2.47. The van der Waals surface area contributed by atoms with Crippen molar-refractivity contribution in [1.82, 2.24) is 10.2 Å². The molecule has 0 aromatic rings. The Morgan fingerprint density at radius 1 is 1.41 bits per heavy atom. The van der Waals surface area contributed by atoms with Gasteiger partial charge in [-0.2, -0.15) is 5.26 Å². The van der Waals surface area contributed by atoms with Gasteiger partial charge in [-0.15, -0.1) is 0 Å². The van der Waals surface area contributed by atoms with Gasteiger partial charge in [0, 0.05) is 26.1 Å². The molecule has 0 fully saturated rings. The van der Waals surface area contributed by atoms with E-state index < -0.39 is 0 Å². The predicted octanol–water partition coefficient (Wildman–Crippen LogP) is 1.77. The van der Waals surface area contributed by atoms with Gasteiger partial charge in [-0.3, -0.25) is 9.69 Å². The second-order valence-corrected chi connectivity index (χ2v) is 4.76. The van der Waals surface area contributed by atoms with Crippen LogP contribution in [0.2, 0.25) is 0 Å². The lowest BCUT2D eigenvalue weighted by Gasteiger charge is -2.28. The SMILES string of the molecule is CCCNC(=O)C(C)N(CCC#N)CC(C)C. The summed E-state index contributed by atoms with van der Waals surface area (Å²) in [5, 5.41) is 11.5. The third-order valence-electron chi connectivity index (χ3n) is 2.59. The summed E-state index contributed by atoms with van der Waals surface area (Å²) in [6.07, 6.45) is 1.42.